The van der Waals surface area contributed by atoms with Crippen molar-refractivity contribution in [2.24, 2.45) is 0 Å². The molecule has 1 aliphatic rings. The van der Waals surface area contributed by atoms with Crippen molar-refractivity contribution in [2.75, 3.05) is 13.2 Å². The molecule has 2 aromatic rings. The van der Waals surface area contributed by atoms with E-state index in [1.54, 1.807) is 18.0 Å². The van der Waals surface area contributed by atoms with E-state index in [-0.39, 0.29) is 17.6 Å². The normalized spacial score (nSPS) is 17.0. The Labute approximate surface area is 139 Å². The van der Waals surface area contributed by atoms with E-state index in [0.717, 1.165) is 18.5 Å². The lowest BCUT2D eigenvalue weighted by Crippen LogP contribution is -2.39. The lowest BCUT2D eigenvalue weighted by molar-refractivity contribution is 0.0502. The first-order valence-electron chi connectivity index (χ1n) is 8.00. The van der Waals surface area contributed by atoms with Crippen LogP contribution in [0.1, 0.15) is 34.7 Å². The van der Waals surface area contributed by atoms with E-state index < -0.39 is 5.56 Å². The quantitative estimate of drug-likeness (QED) is 0.893. The van der Waals surface area contributed by atoms with Crippen molar-refractivity contribution in [2.45, 2.75) is 32.4 Å². The number of hydrogen-bond acceptors (Lipinski definition) is 5. The second-order valence-corrected chi connectivity index (χ2v) is 5.85. The first-order valence-corrected chi connectivity index (χ1v) is 8.00. The molecule has 24 heavy (non-hydrogen) atoms. The largest absolute Gasteiger partial charge is 0.376 e. The van der Waals surface area contributed by atoms with Gasteiger partial charge < -0.3 is 14.6 Å². The number of carbonyl (C=O) groups excluding carboxylic acids is 1. The fourth-order valence-corrected chi connectivity index (χ4v) is 2.75. The highest BCUT2D eigenvalue weighted by Gasteiger charge is 2.25. The number of ether oxygens (including phenoxy) is 1. The Hall–Kier alpha value is -2.54. The molecule has 126 valence electrons. The molecule has 1 saturated heterocycles. The molecule has 7 nitrogen and oxygen atoms in total. The van der Waals surface area contributed by atoms with Gasteiger partial charge in [-0.3, -0.25) is 14.6 Å². The average molecular weight is 328 g/mol. The van der Waals surface area contributed by atoms with E-state index in [2.05, 4.69) is 15.0 Å². The highest BCUT2D eigenvalue weighted by Crippen LogP contribution is 2.16. The van der Waals surface area contributed by atoms with Crippen LogP contribution in [-0.2, 0) is 11.3 Å². The molecule has 0 aliphatic carbocycles. The number of hydrogen-bond donors (Lipinski definition) is 1. The highest BCUT2D eigenvalue weighted by molar-refractivity contribution is 5.93. The lowest BCUT2D eigenvalue weighted by atomic mass is 10.2. The summed E-state index contributed by atoms with van der Waals surface area (Å²) < 4.78 is 5.64. The fourth-order valence-electron chi connectivity index (χ4n) is 2.75. The number of aromatic nitrogens is 3. The maximum Gasteiger partial charge on any atom is 0.263 e. The number of amides is 1. The monoisotopic (exact) mass is 328 g/mol. The van der Waals surface area contributed by atoms with Gasteiger partial charge in [-0.05, 0) is 31.9 Å². The molecular formula is C17H20N4O3. The molecule has 1 atom stereocenters. The second-order valence-electron chi connectivity index (χ2n) is 5.85. The van der Waals surface area contributed by atoms with Gasteiger partial charge in [0, 0.05) is 25.5 Å². The maximum absolute atomic E-state index is 12.9. The Balaban J connectivity index is 1.84. The summed E-state index contributed by atoms with van der Waals surface area (Å²) in [6.45, 7) is 3.15. The Kier molecular flexibility index (Phi) is 5.00. The smallest absolute Gasteiger partial charge is 0.263 e. The zero-order valence-electron chi connectivity index (χ0n) is 13.6. The average Bonchev–Trinajstić information content (AvgIpc) is 3.08. The summed E-state index contributed by atoms with van der Waals surface area (Å²) in [6.07, 6.45) is 4.91. The summed E-state index contributed by atoms with van der Waals surface area (Å²) in [5.41, 5.74) is 0.376. The van der Waals surface area contributed by atoms with Gasteiger partial charge in [-0.25, -0.2) is 4.98 Å². The molecule has 7 heteroatoms. The molecule has 0 radical (unpaired) electrons. The standard InChI is InChI=1S/C17H20N4O3/c1-12-19-9-15(16(22)20-12)17(23)21(11-14-6-4-8-24-14)10-13-5-2-3-7-18-13/h2-3,5,7,9,14H,4,6,8,10-11H2,1H3,(H,19,20,22). The van der Waals surface area contributed by atoms with Gasteiger partial charge in [0.15, 0.2) is 0 Å². The van der Waals surface area contributed by atoms with Gasteiger partial charge in [0.25, 0.3) is 11.5 Å². The maximum atomic E-state index is 12.9. The summed E-state index contributed by atoms with van der Waals surface area (Å²) in [7, 11) is 0. The molecule has 1 unspecified atom stereocenters. The molecule has 0 bridgehead atoms. The molecular weight excluding hydrogens is 308 g/mol. The minimum absolute atomic E-state index is 0.00449. The predicted octanol–water partition coefficient (Wildman–Crippen LogP) is 1.29. The fraction of sp³-hybridized carbons (Fsp3) is 0.412. The molecule has 3 heterocycles. The number of pyridine rings is 1. The Morgan fingerprint density at radius 1 is 1.42 bits per heavy atom. The van der Waals surface area contributed by atoms with Crippen LogP contribution in [0.25, 0.3) is 0 Å². The number of nitrogens with zero attached hydrogens (tertiary/aromatic N) is 3. The van der Waals surface area contributed by atoms with Crippen LogP contribution in [0.3, 0.4) is 0 Å². The SMILES string of the molecule is Cc1ncc(C(=O)N(Cc2ccccn2)CC2CCCO2)c(=O)[nH]1. The van der Waals surface area contributed by atoms with Crippen molar-refractivity contribution in [3.63, 3.8) is 0 Å². The third kappa shape index (κ3) is 3.86. The third-order valence-corrected chi connectivity index (χ3v) is 3.97. The zero-order valence-corrected chi connectivity index (χ0v) is 13.6. The number of aromatic amines is 1. The van der Waals surface area contributed by atoms with Crippen molar-refractivity contribution >= 4 is 5.91 Å². The van der Waals surface area contributed by atoms with Crippen molar-refractivity contribution in [3.8, 4) is 0 Å². The topological polar surface area (TPSA) is 88.2 Å². The van der Waals surface area contributed by atoms with E-state index in [0.29, 0.717) is 25.5 Å². The molecule has 1 N–H and O–H groups in total. The van der Waals surface area contributed by atoms with Crippen molar-refractivity contribution in [1.29, 1.82) is 0 Å². The van der Waals surface area contributed by atoms with Crippen LogP contribution < -0.4 is 5.56 Å². The molecule has 0 spiro atoms. The van der Waals surface area contributed by atoms with Crippen LogP contribution in [0.15, 0.2) is 35.4 Å². The Bertz CT molecular complexity index is 754. The van der Waals surface area contributed by atoms with Gasteiger partial charge in [-0.2, -0.15) is 0 Å². The number of H-pyrrole nitrogens is 1. The van der Waals surface area contributed by atoms with E-state index >= 15 is 0 Å². The van der Waals surface area contributed by atoms with Gasteiger partial charge in [0.2, 0.25) is 0 Å². The van der Waals surface area contributed by atoms with E-state index in [1.807, 2.05) is 18.2 Å². The first-order chi connectivity index (χ1) is 11.6. The lowest BCUT2D eigenvalue weighted by Gasteiger charge is -2.25. The minimum Gasteiger partial charge on any atom is -0.376 e. The van der Waals surface area contributed by atoms with Crippen molar-refractivity contribution in [3.05, 3.63) is 58.0 Å². The van der Waals surface area contributed by atoms with E-state index in [9.17, 15) is 9.59 Å². The molecule has 1 amide bonds. The van der Waals surface area contributed by atoms with Gasteiger partial charge in [-0.1, -0.05) is 6.07 Å². The van der Waals surface area contributed by atoms with Gasteiger partial charge >= 0.3 is 0 Å². The van der Waals surface area contributed by atoms with Crippen LogP contribution in [0.5, 0.6) is 0 Å². The molecule has 2 aromatic heterocycles. The Morgan fingerprint density at radius 2 is 2.29 bits per heavy atom. The number of nitrogens with one attached hydrogen (secondary N) is 1. The predicted molar refractivity (Wildman–Crippen MR) is 87.5 cm³/mol. The highest BCUT2D eigenvalue weighted by atomic mass is 16.5. The van der Waals surface area contributed by atoms with E-state index in [4.69, 9.17) is 4.74 Å². The van der Waals surface area contributed by atoms with Gasteiger partial charge in [0.1, 0.15) is 11.4 Å². The number of carbonyl (C=O) groups is 1. The molecule has 0 saturated carbocycles. The van der Waals surface area contributed by atoms with Gasteiger partial charge in [0.05, 0.1) is 18.3 Å². The zero-order chi connectivity index (χ0) is 16.9. The van der Waals surface area contributed by atoms with E-state index in [1.165, 1.54) is 6.20 Å². The van der Waals surface area contributed by atoms with Crippen LogP contribution in [0.2, 0.25) is 0 Å². The number of aryl methyl sites for hydroxylation is 1. The summed E-state index contributed by atoms with van der Waals surface area (Å²) >= 11 is 0. The summed E-state index contributed by atoms with van der Waals surface area (Å²) in [5, 5.41) is 0. The van der Waals surface area contributed by atoms with Crippen molar-refractivity contribution < 1.29 is 9.53 Å². The summed E-state index contributed by atoms with van der Waals surface area (Å²) in [5.74, 6) is 0.122. The van der Waals surface area contributed by atoms with Gasteiger partial charge in [-0.15, -0.1) is 0 Å². The summed E-state index contributed by atoms with van der Waals surface area (Å²) in [6, 6.07) is 5.55. The first kappa shape index (κ1) is 16.3. The minimum atomic E-state index is -0.425. The van der Waals surface area contributed by atoms with Crippen LogP contribution in [-0.4, -0.2) is 45.0 Å². The van der Waals surface area contributed by atoms with Crippen LogP contribution in [0.4, 0.5) is 0 Å². The van der Waals surface area contributed by atoms with Crippen LogP contribution in [0, 0.1) is 6.92 Å². The van der Waals surface area contributed by atoms with Crippen molar-refractivity contribution in [1.82, 2.24) is 19.9 Å². The number of rotatable bonds is 5. The second kappa shape index (κ2) is 7.35. The molecule has 0 aromatic carbocycles. The Morgan fingerprint density at radius 3 is 2.96 bits per heavy atom. The molecule has 1 fully saturated rings. The van der Waals surface area contributed by atoms with Crippen LogP contribution >= 0.6 is 0 Å². The summed E-state index contributed by atoms with van der Waals surface area (Å²) in [4.78, 5) is 37.4. The molecule has 3 rings (SSSR count). The third-order valence-electron chi connectivity index (χ3n) is 3.97. The molecule has 1 aliphatic heterocycles.